The molecule has 1 aromatic carbocycles. The molecule has 1 heterocycles. The van der Waals surface area contributed by atoms with Gasteiger partial charge in [-0.3, -0.25) is 0 Å². The zero-order valence-electron chi connectivity index (χ0n) is 11.8. The Bertz CT molecular complexity index is 561. The number of anilines is 1. The lowest BCUT2D eigenvalue weighted by Gasteiger charge is -2.26. The lowest BCUT2D eigenvalue weighted by Crippen LogP contribution is -2.20. The maximum absolute atomic E-state index is 4.72. The summed E-state index contributed by atoms with van der Waals surface area (Å²) >= 11 is 1.78. The zero-order chi connectivity index (χ0) is 13.2. The highest BCUT2D eigenvalue weighted by Gasteiger charge is 2.18. The van der Waals surface area contributed by atoms with Crippen molar-refractivity contribution in [3.05, 3.63) is 23.8 Å². The molecule has 3 rings (SSSR count). The standard InChI is InChI=1S/C16H22N2S/c1-11-5-3-7-13(9-11)10-17-16-18-15-12(2)6-4-8-14(15)19-16/h4,6,8,11,13H,3,5,7,9-10H2,1-2H3,(H,17,18). The van der Waals surface area contributed by atoms with E-state index in [0.29, 0.717) is 0 Å². The van der Waals surface area contributed by atoms with Crippen LogP contribution in [0.1, 0.15) is 38.2 Å². The quantitative estimate of drug-likeness (QED) is 0.866. The van der Waals surface area contributed by atoms with Crippen LogP contribution >= 0.6 is 11.3 Å². The summed E-state index contributed by atoms with van der Waals surface area (Å²) in [5.41, 5.74) is 2.43. The Morgan fingerprint density at radius 2 is 2.26 bits per heavy atom. The third-order valence-corrected chi connectivity index (χ3v) is 5.19. The van der Waals surface area contributed by atoms with Crippen molar-refractivity contribution in [3.63, 3.8) is 0 Å². The number of nitrogens with zero attached hydrogens (tertiary/aromatic N) is 1. The van der Waals surface area contributed by atoms with Crippen molar-refractivity contribution in [2.24, 2.45) is 11.8 Å². The van der Waals surface area contributed by atoms with Crippen LogP contribution in [-0.2, 0) is 0 Å². The lowest BCUT2D eigenvalue weighted by molar-refractivity contribution is 0.293. The Kier molecular flexibility index (Phi) is 3.74. The summed E-state index contributed by atoms with van der Waals surface area (Å²) in [7, 11) is 0. The molecular weight excluding hydrogens is 252 g/mol. The zero-order valence-corrected chi connectivity index (χ0v) is 12.6. The number of nitrogens with one attached hydrogen (secondary N) is 1. The molecule has 2 nitrogen and oxygen atoms in total. The molecule has 1 N–H and O–H groups in total. The molecule has 0 saturated heterocycles. The third kappa shape index (κ3) is 2.92. The average Bonchev–Trinajstić information content (AvgIpc) is 2.81. The minimum Gasteiger partial charge on any atom is -0.361 e. The molecule has 1 aliphatic rings. The molecular formula is C16H22N2S. The number of aryl methyl sites for hydroxylation is 1. The summed E-state index contributed by atoms with van der Waals surface area (Å²) in [4.78, 5) is 4.72. The Morgan fingerprint density at radius 3 is 3.05 bits per heavy atom. The minimum absolute atomic E-state index is 0.830. The van der Waals surface area contributed by atoms with E-state index in [1.165, 1.54) is 35.9 Å². The topological polar surface area (TPSA) is 24.9 Å². The highest BCUT2D eigenvalue weighted by atomic mass is 32.1. The van der Waals surface area contributed by atoms with Crippen molar-refractivity contribution in [2.75, 3.05) is 11.9 Å². The lowest BCUT2D eigenvalue weighted by atomic mass is 9.82. The van der Waals surface area contributed by atoms with Crippen LogP contribution in [0.15, 0.2) is 18.2 Å². The van der Waals surface area contributed by atoms with Gasteiger partial charge in [0.15, 0.2) is 5.13 Å². The second-order valence-electron chi connectivity index (χ2n) is 5.96. The number of para-hydroxylation sites is 1. The van der Waals surface area contributed by atoms with Crippen LogP contribution in [0.25, 0.3) is 10.2 Å². The van der Waals surface area contributed by atoms with Crippen LogP contribution < -0.4 is 5.32 Å². The van der Waals surface area contributed by atoms with Gasteiger partial charge in [0.1, 0.15) is 0 Å². The SMILES string of the molecule is Cc1cccc2sc(NCC3CCCC(C)C3)nc12. The van der Waals surface area contributed by atoms with E-state index in [0.717, 1.165) is 29.0 Å². The number of thiazole rings is 1. The maximum atomic E-state index is 4.72. The molecule has 1 aromatic heterocycles. The third-order valence-electron chi connectivity index (χ3n) is 4.21. The smallest absolute Gasteiger partial charge is 0.183 e. The largest absolute Gasteiger partial charge is 0.361 e. The Balaban J connectivity index is 1.66. The van der Waals surface area contributed by atoms with Gasteiger partial charge in [-0.1, -0.05) is 43.2 Å². The number of hydrogen-bond donors (Lipinski definition) is 1. The van der Waals surface area contributed by atoms with E-state index in [2.05, 4.69) is 37.4 Å². The monoisotopic (exact) mass is 274 g/mol. The van der Waals surface area contributed by atoms with Crippen LogP contribution in [0.2, 0.25) is 0 Å². The minimum atomic E-state index is 0.830. The van der Waals surface area contributed by atoms with Gasteiger partial charge >= 0.3 is 0 Å². The van der Waals surface area contributed by atoms with E-state index in [1.54, 1.807) is 11.3 Å². The van der Waals surface area contributed by atoms with Gasteiger partial charge in [0.2, 0.25) is 0 Å². The highest BCUT2D eigenvalue weighted by molar-refractivity contribution is 7.22. The normalized spacial score (nSPS) is 23.7. The summed E-state index contributed by atoms with van der Waals surface area (Å²) < 4.78 is 1.29. The van der Waals surface area contributed by atoms with Crippen molar-refractivity contribution in [3.8, 4) is 0 Å². The Morgan fingerprint density at radius 1 is 1.37 bits per heavy atom. The van der Waals surface area contributed by atoms with E-state index in [4.69, 9.17) is 4.98 Å². The van der Waals surface area contributed by atoms with Gasteiger partial charge in [-0.2, -0.15) is 0 Å². The summed E-state index contributed by atoms with van der Waals surface area (Å²) in [6.07, 6.45) is 5.56. The van der Waals surface area contributed by atoms with Crippen molar-refractivity contribution in [2.45, 2.75) is 39.5 Å². The van der Waals surface area contributed by atoms with Crippen molar-refractivity contribution in [1.29, 1.82) is 0 Å². The summed E-state index contributed by atoms with van der Waals surface area (Å²) in [5.74, 6) is 1.73. The van der Waals surface area contributed by atoms with E-state index >= 15 is 0 Å². The molecule has 2 aromatic rings. The molecule has 2 atom stereocenters. The van der Waals surface area contributed by atoms with Crippen molar-refractivity contribution < 1.29 is 0 Å². The molecule has 1 fully saturated rings. The second-order valence-corrected chi connectivity index (χ2v) is 6.99. The van der Waals surface area contributed by atoms with Crippen LogP contribution in [0.5, 0.6) is 0 Å². The molecule has 0 amide bonds. The van der Waals surface area contributed by atoms with Crippen LogP contribution in [0, 0.1) is 18.8 Å². The van der Waals surface area contributed by atoms with E-state index in [1.807, 2.05) is 0 Å². The molecule has 0 bridgehead atoms. The van der Waals surface area contributed by atoms with Crippen LogP contribution in [0.4, 0.5) is 5.13 Å². The molecule has 1 aliphatic carbocycles. The van der Waals surface area contributed by atoms with Crippen LogP contribution in [0.3, 0.4) is 0 Å². The first-order valence-corrected chi connectivity index (χ1v) is 8.14. The molecule has 19 heavy (non-hydrogen) atoms. The molecule has 0 aliphatic heterocycles. The fourth-order valence-corrected chi connectivity index (χ4v) is 4.09. The van der Waals surface area contributed by atoms with Gasteiger partial charge in [-0.25, -0.2) is 4.98 Å². The number of hydrogen-bond acceptors (Lipinski definition) is 3. The first kappa shape index (κ1) is 12.9. The maximum Gasteiger partial charge on any atom is 0.183 e. The summed E-state index contributed by atoms with van der Waals surface area (Å²) in [6.45, 7) is 5.60. The van der Waals surface area contributed by atoms with Crippen molar-refractivity contribution in [1.82, 2.24) is 4.98 Å². The fraction of sp³-hybridized carbons (Fsp3) is 0.562. The summed E-state index contributed by atoms with van der Waals surface area (Å²) in [6, 6.07) is 6.41. The van der Waals surface area contributed by atoms with E-state index in [9.17, 15) is 0 Å². The summed E-state index contributed by atoms with van der Waals surface area (Å²) in [5, 5.41) is 4.64. The molecule has 3 heteroatoms. The highest BCUT2D eigenvalue weighted by Crippen LogP contribution is 2.31. The molecule has 0 radical (unpaired) electrons. The van der Waals surface area contributed by atoms with Gasteiger partial charge in [0, 0.05) is 6.54 Å². The predicted molar refractivity (Wildman–Crippen MR) is 84.0 cm³/mol. The molecule has 2 unspecified atom stereocenters. The first-order valence-electron chi connectivity index (χ1n) is 7.32. The number of rotatable bonds is 3. The Labute approximate surface area is 119 Å². The number of fused-ring (bicyclic) bond motifs is 1. The van der Waals surface area contributed by atoms with Gasteiger partial charge in [0.25, 0.3) is 0 Å². The number of benzene rings is 1. The molecule has 102 valence electrons. The average molecular weight is 274 g/mol. The van der Waals surface area contributed by atoms with Crippen molar-refractivity contribution >= 4 is 26.7 Å². The fourth-order valence-electron chi connectivity index (χ4n) is 3.14. The van der Waals surface area contributed by atoms with Gasteiger partial charge < -0.3 is 5.32 Å². The van der Waals surface area contributed by atoms with Gasteiger partial charge in [0.05, 0.1) is 10.2 Å². The van der Waals surface area contributed by atoms with Crippen LogP contribution in [-0.4, -0.2) is 11.5 Å². The van der Waals surface area contributed by atoms with Gasteiger partial charge in [-0.05, 0) is 43.2 Å². The predicted octanol–water partition coefficient (Wildman–Crippen LogP) is 4.84. The number of aromatic nitrogens is 1. The van der Waals surface area contributed by atoms with E-state index < -0.39 is 0 Å². The molecule has 0 spiro atoms. The Hall–Kier alpha value is -1.09. The molecule has 1 saturated carbocycles. The van der Waals surface area contributed by atoms with E-state index in [-0.39, 0.29) is 0 Å². The second kappa shape index (κ2) is 5.49. The van der Waals surface area contributed by atoms with Gasteiger partial charge in [-0.15, -0.1) is 0 Å². The first-order chi connectivity index (χ1) is 9.22.